The Morgan fingerprint density at radius 1 is 1.37 bits per heavy atom. The van der Waals surface area contributed by atoms with Crippen molar-refractivity contribution >= 4 is 5.69 Å². The van der Waals surface area contributed by atoms with Crippen molar-refractivity contribution in [1.29, 1.82) is 0 Å². The third-order valence-electron chi connectivity index (χ3n) is 4.10. The Labute approximate surface area is 115 Å². The van der Waals surface area contributed by atoms with Crippen molar-refractivity contribution in [2.45, 2.75) is 32.9 Å². The maximum absolute atomic E-state index is 13.7. The minimum atomic E-state index is -0.168. The molecule has 2 rings (SSSR count). The van der Waals surface area contributed by atoms with Crippen LogP contribution in [0.25, 0.3) is 0 Å². The maximum atomic E-state index is 13.7. The van der Waals surface area contributed by atoms with Gasteiger partial charge in [-0.05, 0) is 51.1 Å². The van der Waals surface area contributed by atoms with Crippen LogP contribution in [0.4, 0.5) is 10.1 Å². The second-order valence-electron chi connectivity index (χ2n) is 5.72. The molecule has 4 heteroatoms. The van der Waals surface area contributed by atoms with Gasteiger partial charge in [0, 0.05) is 37.4 Å². The summed E-state index contributed by atoms with van der Waals surface area (Å²) in [6, 6.07) is 3.88. The van der Waals surface area contributed by atoms with E-state index in [-0.39, 0.29) is 11.9 Å². The Bertz CT molecular complexity index is 459. The van der Waals surface area contributed by atoms with E-state index in [4.69, 9.17) is 5.73 Å². The molecule has 1 aromatic rings. The molecule has 2 unspecified atom stereocenters. The first-order valence-corrected chi connectivity index (χ1v) is 6.91. The lowest BCUT2D eigenvalue weighted by atomic mass is 10.0. The van der Waals surface area contributed by atoms with E-state index in [0.717, 1.165) is 30.9 Å². The average molecular weight is 265 g/mol. The van der Waals surface area contributed by atoms with Gasteiger partial charge in [0.2, 0.25) is 0 Å². The van der Waals surface area contributed by atoms with Gasteiger partial charge in [-0.3, -0.25) is 0 Å². The summed E-state index contributed by atoms with van der Waals surface area (Å²) in [6.45, 7) is 8.88. The molecule has 1 aromatic carbocycles. The molecule has 19 heavy (non-hydrogen) atoms. The molecule has 1 aliphatic rings. The van der Waals surface area contributed by atoms with Gasteiger partial charge in [-0.2, -0.15) is 0 Å². The largest absolute Gasteiger partial charge is 0.368 e. The first kappa shape index (κ1) is 14.3. The average Bonchev–Trinajstić information content (AvgIpc) is 2.35. The quantitative estimate of drug-likeness (QED) is 0.890. The molecule has 0 spiro atoms. The predicted molar refractivity (Wildman–Crippen MR) is 78.0 cm³/mol. The Balaban J connectivity index is 2.35. The predicted octanol–water partition coefficient (Wildman–Crippen LogP) is 2.29. The lowest BCUT2D eigenvalue weighted by molar-refractivity contribution is 0.234. The lowest BCUT2D eigenvalue weighted by Gasteiger charge is -2.40. The van der Waals surface area contributed by atoms with Crippen LogP contribution in [0.5, 0.6) is 0 Å². The van der Waals surface area contributed by atoms with E-state index in [1.807, 2.05) is 19.9 Å². The fraction of sp³-hybridized carbons (Fsp3) is 0.600. The molecule has 0 aliphatic carbocycles. The lowest BCUT2D eigenvalue weighted by Crippen LogP contribution is -2.50. The van der Waals surface area contributed by atoms with Crippen molar-refractivity contribution in [3.63, 3.8) is 0 Å². The molecule has 1 fully saturated rings. The number of likely N-dealkylation sites (N-methyl/N-ethyl adjacent to an activating group) is 1. The number of piperazine rings is 1. The Hall–Kier alpha value is -1.13. The fourth-order valence-corrected chi connectivity index (χ4v) is 2.59. The molecule has 0 aromatic heterocycles. The summed E-state index contributed by atoms with van der Waals surface area (Å²) in [5.41, 5.74) is 8.68. The number of hydrogen-bond donors (Lipinski definition) is 1. The van der Waals surface area contributed by atoms with Crippen LogP contribution < -0.4 is 10.6 Å². The van der Waals surface area contributed by atoms with Crippen molar-refractivity contribution < 1.29 is 4.39 Å². The van der Waals surface area contributed by atoms with Crippen LogP contribution >= 0.6 is 0 Å². The van der Waals surface area contributed by atoms with Crippen LogP contribution in [-0.4, -0.2) is 37.6 Å². The van der Waals surface area contributed by atoms with Gasteiger partial charge in [-0.25, -0.2) is 4.39 Å². The molecule has 1 saturated heterocycles. The van der Waals surface area contributed by atoms with Crippen molar-refractivity contribution in [3.8, 4) is 0 Å². The molecule has 0 radical (unpaired) electrons. The van der Waals surface area contributed by atoms with E-state index in [0.29, 0.717) is 11.6 Å². The minimum absolute atomic E-state index is 0.153. The van der Waals surface area contributed by atoms with Gasteiger partial charge >= 0.3 is 0 Å². The first-order valence-electron chi connectivity index (χ1n) is 6.91. The van der Waals surface area contributed by atoms with Gasteiger partial charge in [0.05, 0.1) is 0 Å². The van der Waals surface area contributed by atoms with Gasteiger partial charge in [-0.1, -0.05) is 0 Å². The molecule has 1 aliphatic heterocycles. The molecular weight excluding hydrogens is 241 g/mol. The van der Waals surface area contributed by atoms with Gasteiger partial charge in [0.25, 0.3) is 0 Å². The third-order valence-corrected chi connectivity index (χ3v) is 4.10. The van der Waals surface area contributed by atoms with Crippen LogP contribution in [0.1, 0.15) is 31.0 Å². The SMILES string of the molecule is Cc1cc(N2CCN(C)C(C)C2)c(C(C)N)cc1F. The van der Waals surface area contributed by atoms with Crippen LogP contribution in [0.15, 0.2) is 12.1 Å². The van der Waals surface area contributed by atoms with Gasteiger partial charge in [-0.15, -0.1) is 0 Å². The molecule has 2 atom stereocenters. The highest BCUT2D eigenvalue weighted by Gasteiger charge is 2.24. The van der Waals surface area contributed by atoms with Crippen molar-refractivity contribution in [3.05, 3.63) is 29.1 Å². The third kappa shape index (κ3) is 2.90. The van der Waals surface area contributed by atoms with E-state index in [1.165, 1.54) is 0 Å². The van der Waals surface area contributed by atoms with E-state index in [1.54, 1.807) is 6.07 Å². The minimum Gasteiger partial charge on any atom is -0.368 e. The Kier molecular flexibility index (Phi) is 4.11. The molecule has 1 heterocycles. The number of anilines is 1. The van der Waals surface area contributed by atoms with Gasteiger partial charge in [0.1, 0.15) is 5.82 Å². The highest BCUT2D eigenvalue weighted by Crippen LogP contribution is 2.29. The molecule has 3 nitrogen and oxygen atoms in total. The second kappa shape index (κ2) is 5.47. The van der Waals surface area contributed by atoms with Gasteiger partial charge < -0.3 is 15.5 Å². The number of nitrogens with zero attached hydrogens (tertiary/aromatic N) is 2. The van der Waals surface area contributed by atoms with Gasteiger partial charge in [0.15, 0.2) is 0 Å². The van der Waals surface area contributed by atoms with E-state index < -0.39 is 0 Å². The zero-order chi connectivity index (χ0) is 14.2. The number of aryl methyl sites for hydroxylation is 1. The number of rotatable bonds is 2. The summed E-state index contributed by atoms with van der Waals surface area (Å²) in [5, 5.41) is 0. The van der Waals surface area contributed by atoms with E-state index in [2.05, 4.69) is 23.8 Å². The maximum Gasteiger partial charge on any atom is 0.126 e. The zero-order valence-corrected chi connectivity index (χ0v) is 12.3. The topological polar surface area (TPSA) is 32.5 Å². The zero-order valence-electron chi connectivity index (χ0n) is 12.3. The van der Waals surface area contributed by atoms with Crippen LogP contribution in [0, 0.1) is 12.7 Å². The summed E-state index contributed by atoms with van der Waals surface area (Å²) in [5.74, 6) is -0.168. The van der Waals surface area contributed by atoms with Crippen LogP contribution in [-0.2, 0) is 0 Å². The second-order valence-corrected chi connectivity index (χ2v) is 5.72. The molecule has 0 saturated carbocycles. The number of nitrogens with two attached hydrogens (primary N) is 1. The van der Waals surface area contributed by atoms with Crippen molar-refractivity contribution in [1.82, 2.24) is 4.90 Å². The van der Waals surface area contributed by atoms with Crippen LogP contribution in [0.3, 0.4) is 0 Å². The Morgan fingerprint density at radius 3 is 2.63 bits per heavy atom. The van der Waals surface area contributed by atoms with Crippen molar-refractivity contribution in [2.75, 3.05) is 31.6 Å². The monoisotopic (exact) mass is 265 g/mol. The summed E-state index contributed by atoms with van der Waals surface area (Å²) < 4.78 is 13.7. The molecule has 106 valence electrons. The van der Waals surface area contributed by atoms with E-state index in [9.17, 15) is 4.39 Å². The number of halogens is 1. The first-order chi connectivity index (χ1) is 8.90. The Morgan fingerprint density at radius 2 is 2.05 bits per heavy atom. The normalized spacial score (nSPS) is 22.6. The highest BCUT2D eigenvalue weighted by atomic mass is 19.1. The number of hydrogen-bond acceptors (Lipinski definition) is 3. The molecule has 0 bridgehead atoms. The summed E-state index contributed by atoms with van der Waals surface area (Å²) in [6.07, 6.45) is 0. The summed E-state index contributed by atoms with van der Waals surface area (Å²) >= 11 is 0. The molecule has 0 amide bonds. The summed E-state index contributed by atoms with van der Waals surface area (Å²) in [7, 11) is 2.14. The number of benzene rings is 1. The highest BCUT2D eigenvalue weighted by molar-refractivity contribution is 5.57. The molecule has 2 N–H and O–H groups in total. The summed E-state index contributed by atoms with van der Waals surface area (Å²) in [4.78, 5) is 4.67. The molecular formula is C15H24FN3. The smallest absolute Gasteiger partial charge is 0.126 e. The fourth-order valence-electron chi connectivity index (χ4n) is 2.59. The van der Waals surface area contributed by atoms with Crippen molar-refractivity contribution in [2.24, 2.45) is 5.73 Å². The van der Waals surface area contributed by atoms with E-state index >= 15 is 0 Å². The van der Waals surface area contributed by atoms with Crippen LogP contribution in [0.2, 0.25) is 0 Å². The standard InChI is InChI=1S/C15H24FN3/c1-10-7-15(13(12(3)17)8-14(10)16)19-6-5-18(4)11(2)9-19/h7-8,11-12H,5-6,9,17H2,1-4H3.